The van der Waals surface area contributed by atoms with Crippen molar-refractivity contribution in [1.82, 2.24) is 25.3 Å². The van der Waals surface area contributed by atoms with Gasteiger partial charge in [-0.2, -0.15) is 0 Å². The van der Waals surface area contributed by atoms with Gasteiger partial charge in [0.2, 0.25) is 11.8 Å². The first kappa shape index (κ1) is 25.2. The van der Waals surface area contributed by atoms with Crippen molar-refractivity contribution in [3.63, 3.8) is 0 Å². The Balaban J connectivity index is 1.27. The zero-order valence-electron chi connectivity index (χ0n) is 21.5. The lowest BCUT2D eigenvalue weighted by Crippen LogP contribution is -2.50. The lowest BCUT2D eigenvalue weighted by atomic mass is 9.76. The molecule has 2 aromatic rings. The maximum absolute atomic E-state index is 13.8. The van der Waals surface area contributed by atoms with Crippen LogP contribution in [0.2, 0.25) is 5.15 Å². The van der Waals surface area contributed by atoms with Crippen LogP contribution in [-0.2, 0) is 19.7 Å². The van der Waals surface area contributed by atoms with E-state index in [1.807, 2.05) is 13.8 Å². The molecule has 4 heterocycles. The summed E-state index contributed by atoms with van der Waals surface area (Å²) >= 11 is 6.63. The molecule has 0 radical (unpaired) electrons. The van der Waals surface area contributed by atoms with Crippen LogP contribution < -0.4 is 16.0 Å². The molecule has 0 aromatic carbocycles. The molecule has 2 aromatic heterocycles. The van der Waals surface area contributed by atoms with Gasteiger partial charge in [-0.05, 0) is 70.1 Å². The molecule has 1 spiro atoms. The number of halogens is 1. The Bertz CT molecular complexity index is 1270. The lowest BCUT2D eigenvalue weighted by Gasteiger charge is -2.31. The Morgan fingerprint density at radius 1 is 1.18 bits per heavy atom. The Hall–Kier alpha value is -3.05. The fourth-order valence-electron chi connectivity index (χ4n) is 6.12. The standard InChI is InChI=1S/C26H32ClN7O4/c1-13(2)34-17(12-28-33-34)23(35)32-21(19(14-3-4-14)15-5-6-15)24(36)31-18-11-16-20(22(27)30-18)26(25(37)29-16)7-9-38-10-8-26/h11-15,19,21H,3-10H2,1-2H3,(H,29,37)(H,32,35)(H,30,31,36)/t21-/m0/s1. The van der Waals surface area contributed by atoms with E-state index in [1.54, 1.807) is 10.7 Å². The molecule has 38 heavy (non-hydrogen) atoms. The molecule has 2 saturated carbocycles. The monoisotopic (exact) mass is 541 g/mol. The van der Waals surface area contributed by atoms with Gasteiger partial charge in [-0.15, -0.1) is 5.10 Å². The van der Waals surface area contributed by atoms with Gasteiger partial charge in [-0.3, -0.25) is 14.4 Å². The second-order valence-corrected chi connectivity index (χ2v) is 11.6. The number of rotatable bonds is 8. The number of ether oxygens (including phenoxy) is 1. The minimum absolute atomic E-state index is 0.0393. The van der Waals surface area contributed by atoms with Crippen LogP contribution in [0, 0.1) is 17.8 Å². The molecule has 3 N–H and O–H groups in total. The third-order valence-electron chi connectivity index (χ3n) is 8.32. The fourth-order valence-corrected chi connectivity index (χ4v) is 6.49. The quantitative estimate of drug-likeness (QED) is 0.436. The van der Waals surface area contributed by atoms with E-state index < -0.39 is 11.5 Å². The summed E-state index contributed by atoms with van der Waals surface area (Å²) in [4.78, 5) is 44.5. The molecule has 0 bridgehead atoms. The van der Waals surface area contributed by atoms with Crippen LogP contribution in [0.15, 0.2) is 12.3 Å². The van der Waals surface area contributed by atoms with Gasteiger partial charge in [-0.1, -0.05) is 16.8 Å². The van der Waals surface area contributed by atoms with Crippen molar-refractivity contribution in [1.29, 1.82) is 0 Å². The SMILES string of the molecule is CC(C)n1nncc1C(=O)N[C@H](C(=O)Nc1cc2c(c(Cl)n1)C1(CCOCC1)C(=O)N2)C(C1CC1)C1CC1. The largest absolute Gasteiger partial charge is 0.381 e. The summed E-state index contributed by atoms with van der Waals surface area (Å²) in [6.07, 6.45) is 6.67. The van der Waals surface area contributed by atoms with Crippen molar-refractivity contribution in [2.75, 3.05) is 23.8 Å². The number of fused-ring (bicyclic) bond motifs is 2. The van der Waals surface area contributed by atoms with Crippen molar-refractivity contribution in [3.05, 3.63) is 28.7 Å². The number of pyridine rings is 1. The highest BCUT2D eigenvalue weighted by atomic mass is 35.5. The maximum atomic E-state index is 13.8. The van der Waals surface area contributed by atoms with E-state index in [1.165, 1.54) is 6.20 Å². The predicted octanol–water partition coefficient (Wildman–Crippen LogP) is 3.08. The summed E-state index contributed by atoms with van der Waals surface area (Å²) in [5, 5.41) is 16.9. The zero-order chi connectivity index (χ0) is 26.6. The molecule has 6 rings (SSSR count). The first-order chi connectivity index (χ1) is 18.3. The van der Waals surface area contributed by atoms with Crippen LogP contribution in [0.25, 0.3) is 0 Å². The summed E-state index contributed by atoms with van der Waals surface area (Å²) in [6, 6.07) is 0.852. The second kappa shape index (κ2) is 9.60. The minimum atomic E-state index is -0.757. The molecular formula is C26H32ClN7O4. The Morgan fingerprint density at radius 3 is 2.50 bits per heavy atom. The summed E-state index contributed by atoms with van der Waals surface area (Å²) < 4.78 is 7.01. The molecule has 4 aliphatic rings. The maximum Gasteiger partial charge on any atom is 0.271 e. The molecule has 12 heteroatoms. The van der Waals surface area contributed by atoms with E-state index in [9.17, 15) is 14.4 Å². The average Bonchev–Trinajstić information content (AvgIpc) is 3.82. The van der Waals surface area contributed by atoms with Crippen LogP contribution in [0.5, 0.6) is 0 Å². The summed E-state index contributed by atoms with van der Waals surface area (Å²) in [6.45, 7) is 4.77. The third kappa shape index (κ3) is 4.45. The van der Waals surface area contributed by atoms with E-state index in [0.717, 1.165) is 25.7 Å². The number of hydrogen-bond acceptors (Lipinski definition) is 7. The topological polar surface area (TPSA) is 140 Å². The van der Waals surface area contributed by atoms with Gasteiger partial charge < -0.3 is 20.7 Å². The normalized spacial score (nSPS) is 20.9. The highest BCUT2D eigenvalue weighted by molar-refractivity contribution is 6.32. The van der Waals surface area contributed by atoms with E-state index >= 15 is 0 Å². The predicted molar refractivity (Wildman–Crippen MR) is 139 cm³/mol. The van der Waals surface area contributed by atoms with Gasteiger partial charge in [-0.25, -0.2) is 9.67 Å². The van der Waals surface area contributed by atoms with Crippen molar-refractivity contribution < 1.29 is 19.1 Å². The highest BCUT2D eigenvalue weighted by Crippen LogP contribution is 2.51. The molecule has 1 saturated heterocycles. The Morgan fingerprint density at radius 2 is 1.87 bits per heavy atom. The summed E-state index contributed by atoms with van der Waals surface area (Å²) in [5.74, 6) is 0.222. The van der Waals surface area contributed by atoms with Crippen molar-refractivity contribution in [3.8, 4) is 0 Å². The summed E-state index contributed by atoms with van der Waals surface area (Å²) in [5.41, 5.74) is 0.776. The third-order valence-corrected chi connectivity index (χ3v) is 8.59. The van der Waals surface area contributed by atoms with Gasteiger partial charge >= 0.3 is 0 Å². The van der Waals surface area contributed by atoms with E-state index in [2.05, 4.69) is 31.2 Å². The fraction of sp³-hybridized carbons (Fsp3) is 0.615. The minimum Gasteiger partial charge on any atom is -0.381 e. The van der Waals surface area contributed by atoms with Gasteiger partial charge in [0, 0.05) is 30.9 Å². The molecule has 2 aliphatic heterocycles. The van der Waals surface area contributed by atoms with Crippen LogP contribution in [0.1, 0.15) is 74.5 Å². The first-order valence-corrected chi connectivity index (χ1v) is 13.8. The number of amides is 3. The number of nitrogens with one attached hydrogen (secondary N) is 3. The van der Waals surface area contributed by atoms with Crippen LogP contribution in [-0.4, -0.2) is 57.0 Å². The molecule has 3 fully saturated rings. The number of nitrogens with zero attached hydrogens (tertiary/aromatic N) is 4. The van der Waals surface area contributed by atoms with Gasteiger partial charge in [0.05, 0.1) is 17.3 Å². The molecule has 0 unspecified atom stereocenters. The number of aromatic nitrogens is 4. The molecule has 202 valence electrons. The summed E-state index contributed by atoms with van der Waals surface area (Å²) in [7, 11) is 0. The van der Waals surface area contributed by atoms with E-state index in [0.29, 0.717) is 54.8 Å². The highest BCUT2D eigenvalue weighted by Gasteiger charge is 2.51. The zero-order valence-corrected chi connectivity index (χ0v) is 22.3. The van der Waals surface area contributed by atoms with Crippen molar-refractivity contribution in [2.45, 2.75) is 69.9 Å². The Labute approximate surface area is 225 Å². The van der Waals surface area contributed by atoms with Gasteiger partial charge in [0.15, 0.2) is 0 Å². The van der Waals surface area contributed by atoms with Crippen LogP contribution in [0.4, 0.5) is 11.5 Å². The molecule has 3 amide bonds. The lowest BCUT2D eigenvalue weighted by molar-refractivity contribution is -0.124. The number of carbonyl (C=O) groups excluding carboxylic acids is 3. The van der Waals surface area contributed by atoms with Gasteiger partial charge in [0.25, 0.3) is 5.91 Å². The molecular weight excluding hydrogens is 510 g/mol. The van der Waals surface area contributed by atoms with E-state index in [4.69, 9.17) is 16.3 Å². The van der Waals surface area contributed by atoms with Crippen LogP contribution in [0.3, 0.4) is 0 Å². The van der Waals surface area contributed by atoms with Gasteiger partial charge in [0.1, 0.15) is 22.7 Å². The number of carbonyl (C=O) groups is 3. The van der Waals surface area contributed by atoms with Crippen LogP contribution >= 0.6 is 11.6 Å². The molecule has 11 nitrogen and oxygen atoms in total. The number of hydrogen-bond donors (Lipinski definition) is 3. The first-order valence-electron chi connectivity index (χ1n) is 13.4. The van der Waals surface area contributed by atoms with E-state index in [-0.39, 0.29) is 40.7 Å². The Kier molecular flexibility index (Phi) is 6.38. The molecule has 1 atom stereocenters. The second-order valence-electron chi connectivity index (χ2n) is 11.2. The van der Waals surface area contributed by atoms with Crippen molar-refractivity contribution in [2.24, 2.45) is 17.8 Å². The van der Waals surface area contributed by atoms with Crippen molar-refractivity contribution >= 4 is 40.8 Å². The average molecular weight is 542 g/mol. The number of anilines is 2. The molecule has 2 aliphatic carbocycles. The smallest absolute Gasteiger partial charge is 0.271 e.